The quantitative estimate of drug-likeness (QED) is 0.824. The van der Waals surface area contributed by atoms with E-state index >= 15 is 0 Å². The predicted octanol–water partition coefficient (Wildman–Crippen LogP) is 2.97. The molecule has 0 saturated heterocycles. The third-order valence-electron chi connectivity index (χ3n) is 3.13. The van der Waals surface area contributed by atoms with Gasteiger partial charge < -0.3 is 10.1 Å². The van der Waals surface area contributed by atoms with E-state index in [4.69, 9.17) is 4.74 Å². The molecule has 1 heterocycles. The van der Waals surface area contributed by atoms with E-state index in [0.717, 1.165) is 19.6 Å². The van der Waals surface area contributed by atoms with Crippen LogP contribution >= 0.6 is 11.3 Å². The SMILES string of the molecule is CCOC1CC(NCc2ccc(CC)s2)C1. The Morgan fingerprint density at radius 1 is 1.31 bits per heavy atom. The van der Waals surface area contributed by atoms with Crippen LogP contribution in [0, 0.1) is 0 Å². The summed E-state index contributed by atoms with van der Waals surface area (Å²) >= 11 is 1.93. The van der Waals surface area contributed by atoms with Crippen molar-refractivity contribution in [2.75, 3.05) is 6.61 Å². The van der Waals surface area contributed by atoms with E-state index in [-0.39, 0.29) is 0 Å². The van der Waals surface area contributed by atoms with Gasteiger partial charge in [0.25, 0.3) is 0 Å². The van der Waals surface area contributed by atoms with Crippen molar-refractivity contribution in [2.45, 2.75) is 51.8 Å². The third kappa shape index (κ3) is 3.06. The zero-order valence-corrected chi connectivity index (χ0v) is 11.0. The van der Waals surface area contributed by atoms with E-state index in [9.17, 15) is 0 Å². The lowest BCUT2D eigenvalue weighted by Crippen LogP contribution is -2.44. The fourth-order valence-electron chi connectivity index (χ4n) is 2.06. The molecule has 1 saturated carbocycles. The highest BCUT2D eigenvalue weighted by Gasteiger charge is 2.28. The van der Waals surface area contributed by atoms with E-state index in [2.05, 4.69) is 31.3 Å². The Kier molecular flexibility index (Phi) is 4.38. The van der Waals surface area contributed by atoms with Gasteiger partial charge in [-0.25, -0.2) is 0 Å². The molecular weight excluding hydrogens is 218 g/mol. The first kappa shape index (κ1) is 12.1. The lowest BCUT2D eigenvalue weighted by Gasteiger charge is -2.35. The number of nitrogens with one attached hydrogen (secondary N) is 1. The lowest BCUT2D eigenvalue weighted by atomic mass is 9.89. The van der Waals surface area contributed by atoms with Crippen LogP contribution in [0.5, 0.6) is 0 Å². The maximum Gasteiger partial charge on any atom is 0.0604 e. The molecule has 3 heteroatoms. The highest BCUT2D eigenvalue weighted by Crippen LogP contribution is 2.24. The zero-order chi connectivity index (χ0) is 11.4. The summed E-state index contributed by atoms with van der Waals surface area (Å²) in [6.45, 7) is 6.15. The Bertz CT molecular complexity index is 317. The van der Waals surface area contributed by atoms with Gasteiger partial charge in [-0.15, -0.1) is 11.3 Å². The molecule has 16 heavy (non-hydrogen) atoms. The normalized spacial score (nSPS) is 24.4. The molecule has 1 aromatic heterocycles. The maximum atomic E-state index is 5.54. The Labute approximate surface area is 102 Å². The fourth-order valence-corrected chi connectivity index (χ4v) is 2.97. The highest BCUT2D eigenvalue weighted by atomic mass is 32.1. The van der Waals surface area contributed by atoms with Gasteiger partial charge in [-0.2, -0.15) is 0 Å². The van der Waals surface area contributed by atoms with Gasteiger partial charge in [-0.05, 0) is 38.3 Å². The number of thiophene rings is 1. The van der Waals surface area contributed by atoms with Crippen LogP contribution in [0.4, 0.5) is 0 Å². The number of hydrogen-bond donors (Lipinski definition) is 1. The molecule has 0 unspecified atom stereocenters. The van der Waals surface area contributed by atoms with Crippen molar-refractivity contribution in [1.29, 1.82) is 0 Å². The zero-order valence-electron chi connectivity index (χ0n) is 10.2. The maximum absolute atomic E-state index is 5.54. The van der Waals surface area contributed by atoms with Gasteiger partial charge in [-0.1, -0.05) is 6.92 Å². The molecule has 90 valence electrons. The van der Waals surface area contributed by atoms with E-state index in [1.807, 2.05) is 11.3 Å². The van der Waals surface area contributed by atoms with Gasteiger partial charge >= 0.3 is 0 Å². The van der Waals surface area contributed by atoms with Gasteiger partial charge in [0, 0.05) is 28.9 Å². The largest absolute Gasteiger partial charge is 0.378 e. The topological polar surface area (TPSA) is 21.3 Å². The summed E-state index contributed by atoms with van der Waals surface area (Å²) in [5, 5.41) is 3.59. The number of rotatable bonds is 6. The van der Waals surface area contributed by atoms with Crippen molar-refractivity contribution in [3.63, 3.8) is 0 Å². The molecule has 2 nitrogen and oxygen atoms in total. The smallest absolute Gasteiger partial charge is 0.0604 e. The minimum atomic E-state index is 0.511. The molecule has 0 radical (unpaired) electrons. The molecule has 1 aliphatic rings. The molecule has 1 aromatic rings. The van der Waals surface area contributed by atoms with Crippen LogP contribution in [0.15, 0.2) is 12.1 Å². The Morgan fingerprint density at radius 3 is 2.69 bits per heavy atom. The van der Waals surface area contributed by atoms with Gasteiger partial charge in [-0.3, -0.25) is 0 Å². The van der Waals surface area contributed by atoms with Crippen molar-refractivity contribution in [2.24, 2.45) is 0 Å². The Morgan fingerprint density at radius 2 is 2.06 bits per heavy atom. The molecule has 1 aliphatic carbocycles. The van der Waals surface area contributed by atoms with E-state index in [1.165, 1.54) is 22.6 Å². The average Bonchev–Trinajstić information content (AvgIpc) is 2.69. The molecular formula is C13H21NOS. The molecule has 0 bridgehead atoms. The monoisotopic (exact) mass is 239 g/mol. The minimum Gasteiger partial charge on any atom is -0.378 e. The number of aryl methyl sites for hydroxylation is 1. The van der Waals surface area contributed by atoms with Crippen LogP contribution < -0.4 is 5.32 Å². The molecule has 1 fully saturated rings. The lowest BCUT2D eigenvalue weighted by molar-refractivity contribution is -0.0101. The van der Waals surface area contributed by atoms with Crippen LogP contribution in [-0.2, 0) is 17.7 Å². The molecule has 1 N–H and O–H groups in total. The molecule has 2 rings (SSSR count). The molecule has 0 amide bonds. The second-order valence-corrected chi connectivity index (χ2v) is 5.60. The van der Waals surface area contributed by atoms with Crippen LogP contribution in [0.25, 0.3) is 0 Å². The van der Waals surface area contributed by atoms with E-state index < -0.39 is 0 Å². The van der Waals surface area contributed by atoms with Crippen LogP contribution in [0.3, 0.4) is 0 Å². The first-order valence-electron chi connectivity index (χ1n) is 6.24. The summed E-state index contributed by atoms with van der Waals surface area (Å²) in [4.78, 5) is 2.94. The Hall–Kier alpha value is -0.380. The van der Waals surface area contributed by atoms with Crippen molar-refractivity contribution in [1.82, 2.24) is 5.32 Å². The highest BCUT2D eigenvalue weighted by molar-refractivity contribution is 7.11. The van der Waals surface area contributed by atoms with Crippen molar-refractivity contribution in [3.05, 3.63) is 21.9 Å². The van der Waals surface area contributed by atoms with Crippen LogP contribution in [0.2, 0.25) is 0 Å². The second-order valence-electron chi connectivity index (χ2n) is 4.35. The summed E-state index contributed by atoms with van der Waals surface area (Å²) in [5.41, 5.74) is 0. The van der Waals surface area contributed by atoms with Gasteiger partial charge in [0.05, 0.1) is 6.10 Å². The van der Waals surface area contributed by atoms with Crippen molar-refractivity contribution >= 4 is 11.3 Å². The summed E-state index contributed by atoms with van der Waals surface area (Å²) in [6, 6.07) is 5.16. The fraction of sp³-hybridized carbons (Fsp3) is 0.692. The van der Waals surface area contributed by atoms with Crippen LogP contribution in [-0.4, -0.2) is 18.8 Å². The first-order chi connectivity index (χ1) is 7.81. The summed E-state index contributed by atoms with van der Waals surface area (Å²) < 4.78 is 5.54. The molecule has 0 spiro atoms. The molecule has 0 aliphatic heterocycles. The van der Waals surface area contributed by atoms with E-state index in [1.54, 1.807) is 0 Å². The standard InChI is InChI=1S/C13H21NOS/c1-3-12-5-6-13(16-12)9-14-10-7-11(8-10)15-4-2/h5-6,10-11,14H,3-4,7-9H2,1-2H3. The predicted molar refractivity (Wildman–Crippen MR) is 69.0 cm³/mol. The first-order valence-corrected chi connectivity index (χ1v) is 7.06. The second kappa shape index (κ2) is 5.80. The van der Waals surface area contributed by atoms with Gasteiger partial charge in [0.1, 0.15) is 0 Å². The summed E-state index contributed by atoms with van der Waals surface area (Å²) in [5.74, 6) is 0. The summed E-state index contributed by atoms with van der Waals surface area (Å²) in [6.07, 6.45) is 4.03. The average molecular weight is 239 g/mol. The van der Waals surface area contributed by atoms with E-state index in [0.29, 0.717) is 12.1 Å². The van der Waals surface area contributed by atoms with Crippen LogP contribution in [0.1, 0.15) is 36.4 Å². The van der Waals surface area contributed by atoms with Gasteiger partial charge in [0.15, 0.2) is 0 Å². The summed E-state index contributed by atoms with van der Waals surface area (Å²) in [7, 11) is 0. The molecule has 0 atom stereocenters. The minimum absolute atomic E-state index is 0.511. The number of ether oxygens (including phenoxy) is 1. The number of hydrogen-bond acceptors (Lipinski definition) is 3. The Balaban J connectivity index is 1.65. The van der Waals surface area contributed by atoms with Crippen molar-refractivity contribution in [3.8, 4) is 0 Å². The third-order valence-corrected chi connectivity index (χ3v) is 4.36. The van der Waals surface area contributed by atoms with Gasteiger partial charge in [0.2, 0.25) is 0 Å². The molecule has 0 aromatic carbocycles. The van der Waals surface area contributed by atoms with Crippen molar-refractivity contribution < 1.29 is 4.74 Å².